The van der Waals surface area contributed by atoms with E-state index in [9.17, 15) is 22.8 Å². The predicted molar refractivity (Wildman–Crippen MR) is 112 cm³/mol. The number of halogens is 3. The van der Waals surface area contributed by atoms with Gasteiger partial charge in [0.15, 0.2) is 0 Å². The number of anilines is 1. The number of unbranched alkanes of at least 4 members (excludes halogenated alkanes) is 1. The molecule has 1 amide bonds. The van der Waals surface area contributed by atoms with Crippen LogP contribution in [0.5, 0.6) is 0 Å². The van der Waals surface area contributed by atoms with Gasteiger partial charge in [0.25, 0.3) is 11.4 Å². The maximum absolute atomic E-state index is 12.6. The molecule has 0 unspecified atom stereocenters. The van der Waals surface area contributed by atoms with Gasteiger partial charge in [-0.15, -0.1) is 5.10 Å². The second-order valence-electron chi connectivity index (χ2n) is 8.26. The van der Waals surface area contributed by atoms with Crippen molar-refractivity contribution in [1.82, 2.24) is 20.1 Å². The Labute approximate surface area is 183 Å². The number of pyridine rings is 1. The van der Waals surface area contributed by atoms with Crippen LogP contribution in [-0.4, -0.2) is 45.6 Å². The number of nitrogens with one attached hydrogen (secondary N) is 2. The van der Waals surface area contributed by atoms with Crippen molar-refractivity contribution in [2.75, 3.05) is 25.0 Å². The molecule has 2 aromatic rings. The Bertz CT molecular complexity index is 970. The number of aromatic nitrogens is 3. The molecule has 176 valence electrons. The maximum Gasteiger partial charge on any atom is 0.431 e. The lowest BCUT2D eigenvalue weighted by Gasteiger charge is -2.32. The summed E-state index contributed by atoms with van der Waals surface area (Å²) in [6.07, 6.45) is 2.54. The highest BCUT2D eigenvalue weighted by atomic mass is 19.4. The molecule has 0 atom stereocenters. The van der Waals surface area contributed by atoms with Crippen molar-refractivity contribution >= 4 is 11.9 Å². The van der Waals surface area contributed by atoms with Crippen LogP contribution in [0.15, 0.2) is 21.3 Å². The lowest BCUT2D eigenvalue weighted by atomic mass is 9.94. The molecule has 0 aromatic carbocycles. The third-order valence-corrected chi connectivity index (χ3v) is 5.90. The van der Waals surface area contributed by atoms with Crippen molar-refractivity contribution in [2.45, 2.75) is 58.5 Å². The topological polar surface area (TPSA) is 104 Å². The maximum atomic E-state index is 12.6. The molecule has 32 heavy (non-hydrogen) atoms. The van der Waals surface area contributed by atoms with Gasteiger partial charge in [-0.1, -0.05) is 31.8 Å². The van der Waals surface area contributed by atoms with E-state index >= 15 is 0 Å². The lowest BCUT2D eigenvalue weighted by molar-refractivity contribution is -0.141. The number of likely N-dealkylation sites (tertiary alicyclic amines) is 1. The predicted octanol–water partition coefficient (Wildman–Crippen LogP) is 4.06. The molecule has 2 N–H and O–H groups in total. The van der Waals surface area contributed by atoms with Crippen LogP contribution < -0.4 is 10.9 Å². The first-order valence-corrected chi connectivity index (χ1v) is 10.8. The first-order valence-electron chi connectivity index (χ1n) is 10.8. The second kappa shape index (κ2) is 9.74. The van der Waals surface area contributed by atoms with Crippen LogP contribution in [0.1, 0.15) is 58.1 Å². The number of carbonyl (C=O) groups is 1. The average Bonchev–Trinajstić information content (AvgIpc) is 3.35. The number of rotatable bonds is 5. The molecule has 0 bridgehead atoms. The number of hydrogen-bond acceptors (Lipinski definition) is 6. The van der Waals surface area contributed by atoms with Crippen LogP contribution in [0.2, 0.25) is 0 Å². The Morgan fingerprint density at radius 2 is 1.81 bits per heavy atom. The molecule has 0 radical (unpaired) electrons. The van der Waals surface area contributed by atoms with E-state index in [0.29, 0.717) is 5.41 Å². The summed E-state index contributed by atoms with van der Waals surface area (Å²) in [4.78, 5) is 27.7. The molecule has 1 saturated carbocycles. The molecule has 2 fully saturated rings. The largest absolute Gasteiger partial charge is 0.431 e. The highest BCUT2D eigenvalue weighted by Gasteiger charge is 2.45. The highest BCUT2D eigenvalue weighted by Crippen LogP contribution is 2.53. The van der Waals surface area contributed by atoms with Crippen molar-refractivity contribution in [2.24, 2.45) is 5.41 Å². The van der Waals surface area contributed by atoms with Gasteiger partial charge in [-0.2, -0.15) is 13.2 Å². The Kier molecular flexibility index (Phi) is 7.25. The summed E-state index contributed by atoms with van der Waals surface area (Å²) < 4.78 is 43.1. The summed E-state index contributed by atoms with van der Waals surface area (Å²) in [5.74, 6) is -0.332. The molecule has 2 aliphatic rings. The summed E-state index contributed by atoms with van der Waals surface area (Å²) in [6.45, 7) is 5.78. The Balaban J connectivity index is 0.000000668. The van der Waals surface area contributed by atoms with Crippen molar-refractivity contribution in [1.29, 1.82) is 0 Å². The fourth-order valence-corrected chi connectivity index (χ4v) is 3.38. The van der Waals surface area contributed by atoms with Gasteiger partial charge >= 0.3 is 12.2 Å². The standard InChI is InChI=1S/C17H18F3N5O3.C4H10/c18-17(19,20)11-2-1-10(13(27)22-11)14-23-24-15(28-14)21-9-12(26)25-7-5-16(3-4-16)6-8-25;1-3-4-2/h1-2H,3-9H2,(H,21,24)(H,22,27);3-4H2,1-2H3. The molecule has 2 aromatic heterocycles. The number of hydrogen-bond donors (Lipinski definition) is 2. The number of piperidine rings is 1. The molecule has 3 heterocycles. The molecule has 1 spiro atoms. The van der Waals surface area contributed by atoms with Gasteiger partial charge in [0.1, 0.15) is 11.3 Å². The first kappa shape index (κ1) is 23.8. The molecule has 1 saturated heterocycles. The minimum atomic E-state index is -4.66. The Morgan fingerprint density at radius 3 is 2.34 bits per heavy atom. The van der Waals surface area contributed by atoms with Gasteiger partial charge in [0, 0.05) is 13.1 Å². The molecular formula is C21H28F3N5O3. The normalized spacial score (nSPS) is 17.0. The second-order valence-corrected chi connectivity index (χ2v) is 8.26. The van der Waals surface area contributed by atoms with Crippen LogP contribution in [0, 0.1) is 5.41 Å². The summed E-state index contributed by atoms with van der Waals surface area (Å²) in [5, 5.41) is 10.0. The van der Waals surface area contributed by atoms with E-state index in [1.165, 1.54) is 25.7 Å². The van der Waals surface area contributed by atoms with E-state index in [4.69, 9.17) is 4.42 Å². The third kappa shape index (κ3) is 5.89. The Hall–Kier alpha value is -2.85. The van der Waals surface area contributed by atoms with Crippen molar-refractivity contribution in [3.63, 3.8) is 0 Å². The van der Waals surface area contributed by atoms with Gasteiger partial charge in [-0.25, -0.2) is 0 Å². The summed E-state index contributed by atoms with van der Waals surface area (Å²) in [7, 11) is 0. The average molecular weight is 455 g/mol. The number of H-pyrrole nitrogens is 1. The zero-order chi connectivity index (χ0) is 23.4. The number of nitrogens with zero attached hydrogens (tertiary/aromatic N) is 3. The zero-order valence-corrected chi connectivity index (χ0v) is 18.2. The van der Waals surface area contributed by atoms with E-state index in [1.54, 1.807) is 9.88 Å². The van der Waals surface area contributed by atoms with E-state index in [0.717, 1.165) is 38.1 Å². The van der Waals surface area contributed by atoms with Crippen LogP contribution in [0.25, 0.3) is 11.5 Å². The third-order valence-electron chi connectivity index (χ3n) is 5.90. The van der Waals surface area contributed by atoms with Gasteiger partial charge < -0.3 is 19.6 Å². The van der Waals surface area contributed by atoms with Crippen LogP contribution in [0.4, 0.5) is 19.2 Å². The number of carbonyl (C=O) groups excluding carboxylic acids is 1. The van der Waals surface area contributed by atoms with Gasteiger partial charge in [-0.05, 0) is 43.2 Å². The molecule has 4 rings (SSSR count). The molecular weight excluding hydrogens is 427 g/mol. The number of alkyl halides is 3. The first-order chi connectivity index (χ1) is 15.2. The fourth-order valence-electron chi connectivity index (χ4n) is 3.38. The van der Waals surface area contributed by atoms with E-state index < -0.39 is 17.4 Å². The van der Waals surface area contributed by atoms with Crippen molar-refractivity contribution in [3.8, 4) is 11.5 Å². The minimum Gasteiger partial charge on any atom is -0.403 e. The van der Waals surface area contributed by atoms with E-state index in [-0.39, 0.29) is 29.9 Å². The molecule has 1 aliphatic heterocycles. The summed E-state index contributed by atoms with van der Waals surface area (Å²) in [6, 6.07) is 1.60. The highest BCUT2D eigenvalue weighted by molar-refractivity contribution is 5.80. The van der Waals surface area contributed by atoms with Gasteiger partial charge in [0.2, 0.25) is 5.91 Å². The SMILES string of the molecule is CCCC.O=C(CNc1nnc(-c2ccc(C(F)(F)F)[nH]c2=O)o1)N1CCC2(CC1)CC2. The summed E-state index contributed by atoms with van der Waals surface area (Å²) in [5.41, 5.74) is -1.88. The quantitative estimate of drug-likeness (QED) is 0.705. The number of aromatic amines is 1. The van der Waals surface area contributed by atoms with E-state index in [1.807, 2.05) is 0 Å². The van der Waals surface area contributed by atoms with Gasteiger partial charge in [-0.3, -0.25) is 9.59 Å². The fraction of sp³-hybridized carbons (Fsp3) is 0.619. The van der Waals surface area contributed by atoms with Crippen LogP contribution in [-0.2, 0) is 11.0 Å². The molecule has 11 heteroatoms. The molecule has 1 aliphatic carbocycles. The minimum absolute atomic E-state index is 0.0436. The number of amides is 1. The van der Waals surface area contributed by atoms with Gasteiger partial charge in [0.05, 0.1) is 6.54 Å². The van der Waals surface area contributed by atoms with Crippen LogP contribution >= 0.6 is 0 Å². The summed E-state index contributed by atoms with van der Waals surface area (Å²) >= 11 is 0. The smallest absolute Gasteiger partial charge is 0.403 e. The van der Waals surface area contributed by atoms with Crippen molar-refractivity contribution < 1.29 is 22.4 Å². The zero-order valence-electron chi connectivity index (χ0n) is 18.2. The van der Waals surface area contributed by atoms with Crippen LogP contribution in [0.3, 0.4) is 0 Å². The van der Waals surface area contributed by atoms with Crippen molar-refractivity contribution in [3.05, 3.63) is 28.2 Å². The monoisotopic (exact) mass is 455 g/mol. The lowest BCUT2D eigenvalue weighted by Crippen LogP contribution is -2.41. The Morgan fingerprint density at radius 1 is 1.16 bits per heavy atom. The van der Waals surface area contributed by atoms with E-state index in [2.05, 4.69) is 29.4 Å². The molecule has 8 nitrogen and oxygen atoms in total.